The lowest BCUT2D eigenvalue weighted by atomic mass is 10.0. The van der Waals surface area contributed by atoms with Crippen LogP contribution >= 0.6 is 0 Å². The van der Waals surface area contributed by atoms with Gasteiger partial charge in [0.25, 0.3) is 0 Å². The van der Waals surface area contributed by atoms with E-state index in [0.717, 1.165) is 0 Å². The van der Waals surface area contributed by atoms with E-state index in [0.29, 0.717) is 23.5 Å². The fourth-order valence-electron chi connectivity index (χ4n) is 1.93. The molecule has 4 heteroatoms. The summed E-state index contributed by atoms with van der Waals surface area (Å²) in [5.41, 5.74) is 1.26. The topological polar surface area (TPSA) is 46.5 Å². The first-order valence-electron chi connectivity index (χ1n) is 6.54. The summed E-state index contributed by atoms with van der Waals surface area (Å²) < 4.78 is 18.3. The highest BCUT2D eigenvalue weighted by Crippen LogP contribution is 2.21. The van der Waals surface area contributed by atoms with Gasteiger partial charge in [0.2, 0.25) is 0 Å². The van der Waals surface area contributed by atoms with Crippen LogP contribution in [0.1, 0.15) is 18.1 Å². The van der Waals surface area contributed by atoms with Crippen molar-refractivity contribution in [2.45, 2.75) is 6.92 Å². The number of hydrogen-bond acceptors (Lipinski definition) is 2. The lowest BCUT2D eigenvalue weighted by Crippen LogP contribution is -2.00. The lowest BCUT2D eigenvalue weighted by molar-refractivity contribution is -0.130. The van der Waals surface area contributed by atoms with Crippen molar-refractivity contribution in [3.8, 4) is 5.75 Å². The summed E-state index contributed by atoms with van der Waals surface area (Å²) >= 11 is 0. The highest BCUT2D eigenvalue weighted by molar-refractivity contribution is 6.20. The molecule has 0 saturated carbocycles. The normalized spacial score (nSPS) is 11.2. The molecule has 2 aromatic carbocycles. The molecule has 2 rings (SSSR count). The molecule has 1 N–H and O–H groups in total. The van der Waals surface area contributed by atoms with Gasteiger partial charge in [0.05, 0.1) is 12.2 Å². The third kappa shape index (κ3) is 3.92. The Balaban J connectivity index is 2.40. The highest BCUT2D eigenvalue weighted by Gasteiger charge is 2.10. The van der Waals surface area contributed by atoms with E-state index in [2.05, 4.69) is 0 Å². The number of rotatable bonds is 5. The SMILES string of the molecule is CCOc1cccc(/C=C(\C(=O)O)c2ccc(F)cc2)c1. The molecule has 3 nitrogen and oxygen atoms in total. The van der Waals surface area contributed by atoms with E-state index in [9.17, 15) is 14.3 Å². The number of hydrogen-bond donors (Lipinski definition) is 1. The summed E-state index contributed by atoms with van der Waals surface area (Å²) in [6.07, 6.45) is 1.54. The van der Waals surface area contributed by atoms with Crippen LogP contribution in [0.15, 0.2) is 48.5 Å². The van der Waals surface area contributed by atoms with Gasteiger partial charge in [-0.1, -0.05) is 24.3 Å². The predicted molar refractivity (Wildman–Crippen MR) is 79.5 cm³/mol. The second-order valence-corrected chi connectivity index (χ2v) is 4.38. The van der Waals surface area contributed by atoms with Crippen LogP contribution < -0.4 is 4.74 Å². The summed E-state index contributed by atoms with van der Waals surface area (Å²) in [5, 5.41) is 9.34. The van der Waals surface area contributed by atoms with Crippen LogP contribution in [0, 0.1) is 5.82 Å². The number of benzene rings is 2. The summed E-state index contributed by atoms with van der Waals surface area (Å²) in [7, 11) is 0. The fourth-order valence-corrected chi connectivity index (χ4v) is 1.93. The quantitative estimate of drug-likeness (QED) is 0.671. The zero-order valence-corrected chi connectivity index (χ0v) is 11.5. The van der Waals surface area contributed by atoms with E-state index >= 15 is 0 Å². The van der Waals surface area contributed by atoms with E-state index in [1.165, 1.54) is 30.3 Å². The molecule has 0 fully saturated rings. The van der Waals surface area contributed by atoms with Gasteiger partial charge in [-0.25, -0.2) is 9.18 Å². The number of carbonyl (C=O) groups is 1. The van der Waals surface area contributed by atoms with Crippen LogP contribution in [0.5, 0.6) is 5.75 Å². The molecular weight excluding hydrogens is 271 g/mol. The Kier molecular flexibility index (Phi) is 4.72. The maximum Gasteiger partial charge on any atom is 0.336 e. The first-order chi connectivity index (χ1) is 10.1. The minimum atomic E-state index is -1.07. The summed E-state index contributed by atoms with van der Waals surface area (Å²) in [6.45, 7) is 2.42. The minimum Gasteiger partial charge on any atom is -0.494 e. The Hall–Kier alpha value is -2.62. The van der Waals surface area contributed by atoms with Gasteiger partial charge in [-0.15, -0.1) is 0 Å². The van der Waals surface area contributed by atoms with Crippen molar-refractivity contribution in [3.63, 3.8) is 0 Å². The predicted octanol–water partition coefficient (Wildman–Crippen LogP) is 3.85. The minimum absolute atomic E-state index is 0.101. The van der Waals surface area contributed by atoms with Gasteiger partial charge >= 0.3 is 5.97 Å². The van der Waals surface area contributed by atoms with Crippen molar-refractivity contribution in [1.82, 2.24) is 0 Å². The molecule has 2 aromatic rings. The molecule has 0 spiro atoms. The number of carboxylic acids is 1. The van der Waals surface area contributed by atoms with E-state index in [1.54, 1.807) is 24.3 Å². The third-order valence-corrected chi connectivity index (χ3v) is 2.87. The Labute approximate surface area is 122 Å². The van der Waals surface area contributed by atoms with Crippen LogP contribution in [0.4, 0.5) is 4.39 Å². The van der Waals surface area contributed by atoms with Crippen molar-refractivity contribution in [3.05, 3.63) is 65.5 Å². The third-order valence-electron chi connectivity index (χ3n) is 2.87. The maximum absolute atomic E-state index is 12.9. The molecule has 0 heterocycles. The Bertz CT molecular complexity index is 660. The van der Waals surface area contributed by atoms with E-state index in [4.69, 9.17) is 4.74 Å². The summed E-state index contributed by atoms with van der Waals surface area (Å²) in [6, 6.07) is 12.5. The van der Waals surface area contributed by atoms with Gasteiger partial charge in [-0.2, -0.15) is 0 Å². The zero-order chi connectivity index (χ0) is 15.2. The fraction of sp³-hybridized carbons (Fsp3) is 0.118. The van der Waals surface area contributed by atoms with Gasteiger partial charge in [0.1, 0.15) is 11.6 Å². The Morgan fingerprint density at radius 3 is 2.57 bits per heavy atom. The van der Waals surface area contributed by atoms with Crippen LogP contribution in [-0.4, -0.2) is 17.7 Å². The van der Waals surface area contributed by atoms with Gasteiger partial charge in [-0.05, 0) is 48.4 Å². The average molecular weight is 286 g/mol. The van der Waals surface area contributed by atoms with Gasteiger partial charge in [0, 0.05) is 0 Å². The molecule has 0 amide bonds. The molecule has 108 valence electrons. The van der Waals surface area contributed by atoms with Crippen molar-refractivity contribution in [2.75, 3.05) is 6.61 Å². The first-order valence-corrected chi connectivity index (χ1v) is 6.54. The van der Waals surface area contributed by atoms with Crippen LogP contribution in [0.25, 0.3) is 11.6 Å². The number of aliphatic carboxylic acids is 1. The smallest absolute Gasteiger partial charge is 0.336 e. The largest absolute Gasteiger partial charge is 0.494 e. The summed E-state index contributed by atoms with van der Waals surface area (Å²) in [4.78, 5) is 11.4. The van der Waals surface area contributed by atoms with Crippen LogP contribution in [0.3, 0.4) is 0 Å². The second-order valence-electron chi connectivity index (χ2n) is 4.38. The molecule has 0 saturated heterocycles. The zero-order valence-electron chi connectivity index (χ0n) is 11.5. The van der Waals surface area contributed by atoms with Gasteiger partial charge in [-0.3, -0.25) is 0 Å². The standard InChI is InChI=1S/C17H15FO3/c1-2-21-15-5-3-4-12(10-15)11-16(17(19)20)13-6-8-14(18)9-7-13/h3-11H,2H2,1H3,(H,19,20)/b16-11-. The maximum atomic E-state index is 12.9. The molecule has 0 aliphatic carbocycles. The van der Waals surface area contributed by atoms with E-state index in [-0.39, 0.29) is 5.57 Å². The molecule has 21 heavy (non-hydrogen) atoms. The van der Waals surface area contributed by atoms with E-state index < -0.39 is 11.8 Å². The molecule has 0 bridgehead atoms. The number of carboxylic acid groups (broad SMARTS) is 1. The molecular formula is C17H15FO3. The lowest BCUT2D eigenvalue weighted by Gasteiger charge is -2.06. The second kappa shape index (κ2) is 6.70. The number of ether oxygens (including phenoxy) is 1. The van der Waals surface area contributed by atoms with Gasteiger partial charge < -0.3 is 9.84 Å². The Morgan fingerprint density at radius 2 is 1.95 bits per heavy atom. The first kappa shape index (κ1) is 14.8. The molecule has 0 unspecified atom stereocenters. The summed E-state index contributed by atoms with van der Waals surface area (Å²) in [5.74, 6) is -0.791. The van der Waals surface area contributed by atoms with Crippen molar-refractivity contribution in [1.29, 1.82) is 0 Å². The average Bonchev–Trinajstić information content (AvgIpc) is 2.46. The highest BCUT2D eigenvalue weighted by atomic mass is 19.1. The van der Waals surface area contributed by atoms with Crippen LogP contribution in [-0.2, 0) is 4.79 Å². The number of halogens is 1. The molecule has 0 radical (unpaired) electrons. The molecule has 0 aromatic heterocycles. The van der Waals surface area contributed by atoms with E-state index in [1.807, 2.05) is 6.92 Å². The molecule has 0 aliphatic rings. The van der Waals surface area contributed by atoms with Crippen molar-refractivity contribution >= 4 is 17.6 Å². The molecule has 0 atom stereocenters. The Morgan fingerprint density at radius 1 is 1.24 bits per heavy atom. The van der Waals surface area contributed by atoms with Gasteiger partial charge in [0.15, 0.2) is 0 Å². The van der Waals surface area contributed by atoms with Crippen molar-refractivity contribution in [2.24, 2.45) is 0 Å². The molecule has 0 aliphatic heterocycles. The van der Waals surface area contributed by atoms with Crippen LogP contribution in [0.2, 0.25) is 0 Å². The monoisotopic (exact) mass is 286 g/mol. The van der Waals surface area contributed by atoms with Crippen molar-refractivity contribution < 1.29 is 19.0 Å².